The van der Waals surface area contributed by atoms with Crippen LogP contribution in [0, 0.1) is 23.2 Å². The van der Waals surface area contributed by atoms with Gasteiger partial charge < -0.3 is 10.6 Å². The minimum Gasteiger partial charge on any atom is -0.340 e. The summed E-state index contributed by atoms with van der Waals surface area (Å²) in [5.41, 5.74) is 0.183. The molecule has 2 saturated carbocycles. The molecule has 3 nitrogen and oxygen atoms in total. The van der Waals surface area contributed by atoms with Gasteiger partial charge in [-0.25, -0.2) is 0 Å². The van der Waals surface area contributed by atoms with Gasteiger partial charge in [-0.15, -0.1) is 0 Å². The Bertz CT molecular complexity index is 503. The first-order valence-corrected chi connectivity index (χ1v) is 12.5. The number of quaternary nitrogens is 1. The van der Waals surface area contributed by atoms with E-state index < -0.39 is 0 Å². The summed E-state index contributed by atoms with van der Waals surface area (Å²) in [5, 5.41) is 6.62. The number of hydrogen-bond donors (Lipinski definition) is 2. The second-order valence-electron chi connectivity index (χ2n) is 11.1. The second-order valence-corrected chi connectivity index (χ2v) is 11.1. The van der Waals surface area contributed by atoms with Crippen LogP contribution in [0.5, 0.6) is 0 Å². The van der Waals surface area contributed by atoms with Gasteiger partial charge in [-0.1, -0.05) is 72.6 Å². The molecule has 0 aromatic carbocycles. The zero-order chi connectivity index (χ0) is 20.1. The molecule has 6 atom stereocenters. The van der Waals surface area contributed by atoms with Crippen molar-refractivity contribution in [1.29, 1.82) is 0 Å². The second kappa shape index (κ2) is 10.1. The molecule has 162 valence electrons. The molecule has 6 unspecified atom stereocenters. The van der Waals surface area contributed by atoms with Crippen LogP contribution >= 0.6 is 0 Å². The Morgan fingerprint density at radius 1 is 1.07 bits per heavy atom. The van der Waals surface area contributed by atoms with Gasteiger partial charge >= 0.3 is 0 Å². The van der Waals surface area contributed by atoms with Crippen LogP contribution in [0.15, 0.2) is 0 Å². The number of nitrogens with one attached hydrogen (secondary N) is 1. The highest BCUT2D eigenvalue weighted by atomic mass is 16.1. The van der Waals surface area contributed by atoms with Crippen molar-refractivity contribution in [2.75, 3.05) is 6.54 Å². The van der Waals surface area contributed by atoms with Gasteiger partial charge in [0.15, 0.2) is 0 Å². The SMILES string of the molecule is CCCCCCCCCNC1C2CCCC(C)C2[NH2+]C2CC(C)(C)CC(=O)C21. The third-order valence-electron chi connectivity index (χ3n) is 8.10. The molecule has 1 heterocycles. The summed E-state index contributed by atoms with van der Waals surface area (Å²) in [6.45, 7) is 10.4. The van der Waals surface area contributed by atoms with Crippen LogP contribution < -0.4 is 10.6 Å². The van der Waals surface area contributed by atoms with Gasteiger partial charge in [0.2, 0.25) is 0 Å². The van der Waals surface area contributed by atoms with Crippen LogP contribution in [-0.2, 0) is 4.79 Å². The van der Waals surface area contributed by atoms with Crippen LogP contribution in [0.4, 0.5) is 0 Å². The third kappa shape index (κ3) is 5.39. The number of Topliss-reactive ketones (excluding diaryl/α,β-unsaturated/α-hetero) is 1. The van der Waals surface area contributed by atoms with Crippen molar-refractivity contribution in [2.45, 2.75) is 123 Å². The van der Waals surface area contributed by atoms with Gasteiger partial charge in [0, 0.05) is 30.7 Å². The summed E-state index contributed by atoms with van der Waals surface area (Å²) in [7, 11) is 0. The fourth-order valence-corrected chi connectivity index (χ4v) is 6.73. The first kappa shape index (κ1) is 22.3. The molecule has 0 aromatic heterocycles. The minimum absolute atomic E-state index is 0.183. The van der Waals surface area contributed by atoms with Crippen LogP contribution in [0.3, 0.4) is 0 Å². The van der Waals surface area contributed by atoms with E-state index in [9.17, 15) is 4.79 Å². The highest BCUT2D eigenvalue weighted by molar-refractivity contribution is 5.84. The average Bonchev–Trinajstić information content (AvgIpc) is 2.63. The lowest BCUT2D eigenvalue weighted by atomic mass is 9.59. The van der Waals surface area contributed by atoms with Crippen molar-refractivity contribution in [3.05, 3.63) is 0 Å². The number of nitrogens with two attached hydrogens (primary N) is 1. The monoisotopic (exact) mass is 391 g/mol. The number of carbonyl (C=O) groups excluding carboxylic acids is 1. The number of carbonyl (C=O) groups is 1. The van der Waals surface area contributed by atoms with E-state index in [-0.39, 0.29) is 11.3 Å². The van der Waals surface area contributed by atoms with E-state index in [0.717, 1.165) is 24.9 Å². The van der Waals surface area contributed by atoms with Crippen LogP contribution in [0.25, 0.3) is 0 Å². The smallest absolute Gasteiger partial charge is 0.144 e. The van der Waals surface area contributed by atoms with Crippen LogP contribution in [0.2, 0.25) is 0 Å². The van der Waals surface area contributed by atoms with Crippen molar-refractivity contribution in [2.24, 2.45) is 23.2 Å². The first-order valence-electron chi connectivity index (χ1n) is 12.5. The molecule has 0 bridgehead atoms. The number of fused-ring (bicyclic) bond motifs is 2. The molecule has 3 fully saturated rings. The Balaban J connectivity index is 1.58. The molecule has 3 rings (SSSR count). The summed E-state index contributed by atoms with van der Waals surface area (Å²) in [5.74, 6) is 2.29. The number of rotatable bonds is 9. The molecule has 3 aliphatic rings. The van der Waals surface area contributed by atoms with E-state index in [1.165, 1.54) is 70.6 Å². The maximum Gasteiger partial charge on any atom is 0.144 e. The Morgan fingerprint density at radius 3 is 2.54 bits per heavy atom. The van der Waals surface area contributed by atoms with Crippen molar-refractivity contribution in [1.82, 2.24) is 5.32 Å². The van der Waals surface area contributed by atoms with Crippen molar-refractivity contribution >= 4 is 5.78 Å². The highest BCUT2D eigenvalue weighted by Gasteiger charge is 2.55. The summed E-state index contributed by atoms with van der Waals surface area (Å²) in [6.07, 6.45) is 15.5. The molecule has 0 amide bonds. The molecule has 3 N–H and O–H groups in total. The zero-order valence-corrected chi connectivity index (χ0v) is 19.1. The van der Waals surface area contributed by atoms with Crippen LogP contribution in [0.1, 0.15) is 105 Å². The molecule has 1 saturated heterocycles. The fraction of sp³-hybridized carbons (Fsp3) is 0.960. The Labute approximate surface area is 174 Å². The number of ketones is 1. The standard InChI is InChI=1S/C25H46N2O/c1-5-6-7-8-9-10-11-15-26-24-19-14-12-13-18(2)23(19)27-20-16-25(3,4)17-21(28)22(20)24/h18-20,22-24,26-27H,5-17H2,1-4H3/p+1. The molecule has 0 radical (unpaired) electrons. The topological polar surface area (TPSA) is 45.7 Å². The molecule has 2 aliphatic carbocycles. The number of hydrogen-bond acceptors (Lipinski definition) is 2. The molecular weight excluding hydrogens is 344 g/mol. The lowest BCUT2D eigenvalue weighted by molar-refractivity contribution is -0.752. The molecule has 1 aliphatic heterocycles. The molecule has 3 heteroatoms. The number of unbranched alkanes of at least 4 members (excludes halogenated alkanes) is 6. The van der Waals surface area contributed by atoms with Gasteiger partial charge in [-0.05, 0) is 31.2 Å². The van der Waals surface area contributed by atoms with Crippen molar-refractivity contribution in [3.63, 3.8) is 0 Å². The molecule has 0 aromatic rings. The lowest BCUT2D eigenvalue weighted by Gasteiger charge is -2.52. The maximum absolute atomic E-state index is 13.2. The zero-order valence-electron chi connectivity index (χ0n) is 19.1. The van der Waals surface area contributed by atoms with E-state index in [1.807, 2.05) is 0 Å². The Kier molecular flexibility index (Phi) is 8.01. The summed E-state index contributed by atoms with van der Waals surface area (Å²) in [6, 6.07) is 1.67. The quantitative estimate of drug-likeness (QED) is 0.570. The number of piperidine rings is 1. The molecule has 28 heavy (non-hydrogen) atoms. The average molecular weight is 392 g/mol. The summed E-state index contributed by atoms with van der Waals surface area (Å²) < 4.78 is 0. The minimum atomic E-state index is 0.183. The van der Waals surface area contributed by atoms with E-state index in [4.69, 9.17) is 0 Å². The van der Waals surface area contributed by atoms with E-state index in [1.54, 1.807) is 0 Å². The van der Waals surface area contributed by atoms with Crippen molar-refractivity contribution in [3.8, 4) is 0 Å². The van der Waals surface area contributed by atoms with Crippen LogP contribution in [-0.4, -0.2) is 30.5 Å². The molecule has 0 spiro atoms. The third-order valence-corrected chi connectivity index (χ3v) is 8.10. The summed E-state index contributed by atoms with van der Waals surface area (Å²) in [4.78, 5) is 13.2. The van der Waals surface area contributed by atoms with Gasteiger partial charge in [-0.3, -0.25) is 4.79 Å². The fourth-order valence-electron chi connectivity index (χ4n) is 6.73. The summed E-state index contributed by atoms with van der Waals surface area (Å²) >= 11 is 0. The Hall–Kier alpha value is -0.410. The first-order chi connectivity index (χ1) is 13.4. The van der Waals surface area contributed by atoms with E-state index in [2.05, 4.69) is 38.3 Å². The maximum atomic E-state index is 13.2. The van der Waals surface area contributed by atoms with Gasteiger partial charge in [0.1, 0.15) is 5.78 Å². The predicted octanol–water partition coefficient (Wildman–Crippen LogP) is 4.45. The predicted molar refractivity (Wildman–Crippen MR) is 117 cm³/mol. The molecular formula is C25H47N2O+. The van der Waals surface area contributed by atoms with E-state index in [0.29, 0.717) is 23.8 Å². The van der Waals surface area contributed by atoms with Gasteiger partial charge in [0.05, 0.1) is 18.0 Å². The van der Waals surface area contributed by atoms with Gasteiger partial charge in [0.25, 0.3) is 0 Å². The van der Waals surface area contributed by atoms with Gasteiger partial charge in [-0.2, -0.15) is 0 Å². The lowest BCUT2D eigenvalue weighted by Crippen LogP contribution is -3.03. The van der Waals surface area contributed by atoms with E-state index >= 15 is 0 Å². The normalized spacial score (nSPS) is 37.4. The largest absolute Gasteiger partial charge is 0.340 e. The Morgan fingerprint density at radius 2 is 1.79 bits per heavy atom. The van der Waals surface area contributed by atoms with Crippen molar-refractivity contribution < 1.29 is 10.1 Å². The highest BCUT2D eigenvalue weighted by Crippen LogP contribution is 2.42.